The lowest BCUT2D eigenvalue weighted by Gasteiger charge is -2.47. The van der Waals surface area contributed by atoms with Crippen molar-refractivity contribution < 1.29 is 25.2 Å². The largest absolute Gasteiger partial charge is 0.396 e. The second-order valence-electron chi connectivity index (χ2n) is 10.2. The third kappa shape index (κ3) is 4.85. The summed E-state index contributed by atoms with van der Waals surface area (Å²) in [5.41, 5.74) is 0.679. The Morgan fingerprint density at radius 3 is 1.41 bits per heavy atom. The van der Waals surface area contributed by atoms with Gasteiger partial charge in [-0.3, -0.25) is 4.79 Å². The van der Waals surface area contributed by atoms with Crippen LogP contribution < -0.4 is 0 Å². The monoisotopic (exact) mass is 466 g/mol. The molecule has 4 unspecified atom stereocenters. The topological polar surface area (TPSA) is 98.0 Å². The summed E-state index contributed by atoms with van der Waals surface area (Å²) in [5.74, 6) is -1.13. The van der Waals surface area contributed by atoms with Gasteiger partial charge in [-0.1, -0.05) is 74.2 Å². The molecule has 2 aliphatic rings. The highest BCUT2D eigenvalue weighted by Crippen LogP contribution is 2.49. The first-order valence-corrected chi connectivity index (χ1v) is 12.8. The fourth-order valence-electron chi connectivity index (χ4n) is 6.21. The van der Waals surface area contributed by atoms with Crippen LogP contribution in [0.5, 0.6) is 0 Å². The number of hydrogen-bond acceptors (Lipinski definition) is 5. The van der Waals surface area contributed by atoms with Crippen LogP contribution in [0.2, 0.25) is 0 Å². The van der Waals surface area contributed by atoms with Crippen molar-refractivity contribution in [3.05, 3.63) is 70.8 Å². The zero-order chi connectivity index (χ0) is 24.2. The smallest absolute Gasteiger partial charge is 0.196 e. The Morgan fingerprint density at radius 1 is 0.676 bits per heavy atom. The summed E-state index contributed by atoms with van der Waals surface area (Å²) in [6, 6.07) is 15.7. The number of Topliss-reactive ketones (excluding diaryl/α,β-unsaturated/α-hetero) is 1. The van der Waals surface area contributed by atoms with Gasteiger partial charge in [-0.2, -0.15) is 0 Å². The summed E-state index contributed by atoms with van der Waals surface area (Å²) in [6.07, 6.45) is 6.68. The maximum absolute atomic E-state index is 14.1. The Bertz CT molecular complexity index is 876. The third-order valence-electron chi connectivity index (χ3n) is 8.11. The molecule has 0 amide bonds. The van der Waals surface area contributed by atoms with Crippen LogP contribution >= 0.6 is 0 Å². The Labute approximate surface area is 202 Å². The number of carbonyl (C=O) groups excluding carboxylic acids is 1. The van der Waals surface area contributed by atoms with E-state index in [2.05, 4.69) is 0 Å². The van der Waals surface area contributed by atoms with Crippen LogP contribution in [0.4, 0.5) is 0 Å². The van der Waals surface area contributed by atoms with E-state index >= 15 is 0 Å². The van der Waals surface area contributed by atoms with Crippen molar-refractivity contribution in [2.45, 2.75) is 87.2 Å². The van der Waals surface area contributed by atoms with Gasteiger partial charge in [0.15, 0.2) is 5.78 Å². The third-order valence-corrected chi connectivity index (χ3v) is 8.11. The first kappa shape index (κ1) is 25.1. The van der Waals surface area contributed by atoms with E-state index < -0.39 is 17.0 Å². The molecule has 2 saturated carbocycles. The highest BCUT2D eigenvalue weighted by molar-refractivity contribution is 5.96. The van der Waals surface area contributed by atoms with Crippen molar-refractivity contribution >= 4 is 5.78 Å². The maximum atomic E-state index is 14.1. The zero-order valence-electron chi connectivity index (χ0n) is 20.0. The highest BCUT2D eigenvalue weighted by atomic mass is 16.3. The minimum absolute atomic E-state index is 0.0839. The summed E-state index contributed by atoms with van der Waals surface area (Å²) in [5, 5.41) is 42.3. The number of aliphatic hydroxyl groups is 4. The Balaban J connectivity index is 1.65. The van der Waals surface area contributed by atoms with E-state index in [4.69, 9.17) is 0 Å². The second-order valence-corrected chi connectivity index (χ2v) is 10.2. The summed E-state index contributed by atoms with van der Waals surface area (Å²) in [6.45, 7) is 0.168. The van der Waals surface area contributed by atoms with E-state index in [-0.39, 0.29) is 25.0 Å². The quantitative estimate of drug-likeness (QED) is 0.474. The van der Waals surface area contributed by atoms with E-state index in [0.717, 1.165) is 47.9 Å². The minimum Gasteiger partial charge on any atom is -0.396 e. The molecule has 2 aromatic carbocycles. The van der Waals surface area contributed by atoms with E-state index in [1.165, 1.54) is 0 Å². The fourth-order valence-corrected chi connectivity index (χ4v) is 6.21. The normalized spacial score (nSPS) is 29.6. The van der Waals surface area contributed by atoms with Crippen molar-refractivity contribution in [1.29, 1.82) is 0 Å². The molecule has 0 aliphatic heterocycles. The number of carbonyl (C=O) groups is 1. The van der Waals surface area contributed by atoms with Crippen LogP contribution in [0.3, 0.4) is 0 Å². The van der Waals surface area contributed by atoms with Crippen molar-refractivity contribution in [2.75, 3.05) is 13.2 Å². The first-order valence-electron chi connectivity index (χ1n) is 12.8. The molecule has 2 aliphatic carbocycles. The lowest BCUT2D eigenvalue weighted by Crippen LogP contribution is -2.60. The molecule has 0 aromatic heterocycles. The molecule has 0 bridgehead atoms. The molecule has 0 radical (unpaired) electrons. The van der Waals surface area contributed by atoms with Gasteiger partial charge in [0, 0.05) is 25.0 Å². The maximum Gasteiger partial charge on any atom is 0.196 e. The van der Waals surface area contributed by atoms with Crippen LogP contribution in [0.25, 0.3) is 0 Å². The number of rotatable bonds is 8. The van der Waals surface area contributed by atoms with Crippen molar-refractivity contribution in [2.24, 2.45) is 0 Å². The first-order chi connectivity index (χ1) is 16.4. The molecule has 5 nitrogen and oxygen atoms in total. The minimum atomic E-state index is -1.60. The fraction of sp³-hybridized carbons (Fsp3) is 0.552. The summed E-state index contributed by atoms with van der Waals surface area (Å²) < 4.78 is 0. The molecule has 184 valence electrons. The molecular weight excluding hydrogens is 428 g/mol. The highest BCUT2D eigenvalue weighted by Gasteiger charge is 2.57. The van der Waals surface area contributed by atoms with Crippen molar-refractivity contribution in [1.82, 2.24) is 0 Å². The molecule has 4 rings (SSSR count). The van der Waals surface area contributed by atoms with Gasteiger partial charge < -0.3 is 20.4 Å². The van der Waals surface area contributed by atoms with Crippen LogP contribution in [-0.4, -0.2) is 50.6 Å². The number of ketones is 1. The van der Waals surface area contributed by atoms with Crippen LogP contribution in [0.15, 0.2) is 48.5 Å². The van der Waals surface area contributed by atoms with Gasteiger partial charge in [-0.05, 0) is 60.8 Å². The van der Waals surface area contributed by atoms with Crippen LogP contribution in [0, 0.1) is 0 Å². The van der Waals surface area contributed by atoms with Crippen LogP contribution in [0.1, 0.15) is 85.5 Å². The second kappa shape index (κ2) is 10.7. The predicted molar refractivity (Wildman–Crippen MR) is 132 cm³/mol. The number of benzene rings is 2. The van der Waals surface area contributed by atoms with Gasteiger partial charge in [-0.25, -0.2) is 0 Å². The van der Waals surface area contributed by atoms with E-state index in [0.29, 0.717) is 38.5 Å². The van der Waals surface area contributed by atoms with Gasteiger partial charge in [-0.15, -0.1) is 0 Å². The molecule has 4 atom stereocenters. The Hall–Kier alpha value is -2.05. The number of aliphatic hydroxyl groups excluding tert-OH is 2. The molecule has 0 heterocycles. The van der Waals surface area contributed by atoms with E-state index in [1.54, 1.807) is 0 Å². The van der Waals surface area contributed by atoms with E-state index in [1.807, 2.05) is 48.5 Å². The SMILES string of the molecule is O=C(C1(O)CCCCC1c1ccc(CCO)cc1)C1(O)CCCCC1c1ccc(CCO)cc1. The van der Waals surface area contributed by atoms with Crippen LogP contribution in [-0.2, 0) is 17.6 Å². The van der Waals surface area contributed by atoms with E-state index in [9.17, 15) is 25.2 Å². The van der Waals surface area contributed by atoms with Gasteiger partial charge in [0.2, 0.25) is 0 Å². The van der Waals surface area contributed by atoms with Gasteiger partial charge >= 0.3 is 0 Å². The predicted octanol–water partition coefficient (Wildman–Crippen LogP) is 3.80. The molecule has 2 aromatic rings. The molecule has 34 heavy (non-hydrogen) atoms. The van der Waals surface area contributed by atoms with Gasteiger partial charge in [0.25, 0.3) is 0 Å². The average molecular weight is 467 g/mol. The Morgan fingerprint density at radius 2 is 1.06 bits per heavy atom. The van der Waals surface area contributed by atoms with Crippen molar-refractivity contribution in [3.63, 3.8) is 0 Å². The molecule has 4 N–H and O–H groups in total. The molecule has 0 spiro atoms. The molecule has 0 saturated heterocycles. The molecule has 2 fully saturated rings. The average Bonchev–Trinajstić information content (AvgIpc) is 2.86. The van der Waals surface area contributed by atoms with Gasteiger partial charge in [0.05, 0.1) is 0 Å². The van der Waals surface area contributed by atoms with Gasteiger partial charge in [0.1, 0.15) is 11.2 Å². The summed E-state index contributed by atoms with van der Waals surface area (Å²) >= 11 is 0. The summed E-state index contributed by atoms with van der Waals surface area (Å²) in [4.78, 5) is 14.1. The zero-order valence-corrected chi connectivity index (χ0v) is 20.0. The lowest BCUT2D eigenvalue weighted by molar-refractivity contribution is -0.168. The van der Waals surface area contributed by atoms with Crippen molar-refractivity contribution in [3.8, 4) is 0 Å². The summed E-state index contributed by atoms with van der Waals surface area (Å²) in [7, 11) is 0. The number of hydrogen-bond donors (Lipinski definition) is 4. The molecular formula is C29H38O5. The molecule has 5 heteroatoms. The lowest BCUT2D eigenvalue weighted by atomic mass is 9.61. The Kier molecular flexibility index (Phi) is 7.88. The standard InChI is InChI=1S/C29H38O5/c30-19-15-21-7-11-23(12-8-21)25-5-1-3-17-28(25,33)27(32)29(34)18-4-2-6-26(29)24-13-9-22(10-14-24)16-20-31/h7-14,25-26,30-31,33-34H,1-6,15-20H2.